The molecule has 8 nitrogen and oxygen atoms in total. The molecular weight excluding hydrogens is 366 g/mol. The van der Waals surface area contributed by atoms with Crippen LogP contribution in [0.4, 0.5) is 16.5 Å². The molecule has 0 bridgehead atoms. The molecule has 9 heteroatoms. The minimum atomic E-state index is -0.470. The van der Waals surface area contributed by atoms with Crippen molar-refractivity contribution in [2.24, 2.45) is 0 Å². The lowest BCUT2D eigenvalue weighted by molar-refractivity contribution is 0.261. The van der Waals surface area contributed by atoms with E-state index in [9.17, 15) is 4.79 Å². The van der Waals surface area contributed by atoms with E-state index >= 15 is 0 Å². The summed E-state index contributed by atoms with van der Waals surface area (Å²) in [5.41, 5.74) is 1.45. The van der Waals surface area contributed by atoms with Crippen LogP contribution in [-0.4, -0.2) is 27.8 Å². The lowest BCUT2D eigenvalue weighted by Gasteiger charge is -2.07. The van der Waals surface area contributed by atoms with Crippen molar-refractivity contribution in [1.82, 2.24) is 15.2 Å². The van der Waals surface area contributed by atoms with Gasteiger partial charge < -0.3 is 14.5 Å². The molecule has 0 spiro atoms. The van der Waals surface area contributed by atoms with Crippen LogP contribution in [0, 0.1) is 13.8 Å². The Kier molecular flexibility index (Phi) is 6.02. The van der Waals surface area contributed by atoms with Gasteiger partial charge in [0.15, 0.2) is 0 Å². The zero-order valence-corrected chi connectivity index (χ0v) is 16.2. The summed E-state index contributed by atoms with van der Waals surface area (Å²) in [5.74, 6) is 1.10. The maximum Gasteiger partial charge on any atom is 0.327 e. The molecule has 2 N–H and O–H groups in total. The third kappa shape index (κ3) is 5.04. The number of nitrogens with zero attached hydrogens (tertiary/aromatic N) is 3. The summed E-state index contributed by atoms with van der Waals surface area (Å²) in [6.45, 7) is 6.58. The second-order valence-electron chi connectivity index (χ2n) is 5.87. The maximum atomic E-state index is 12.1. The standard InChI is InChI=1S/C18H21N5O3S/c1-4-5-10-25-14-8-6-13(7-9-14)20-17(24)21-18-23-22-16(26-18)15-11(2)19-12(3)27-15/h6-9H,4-5,10H2,1-3H3,(H2,20,21,23,24). The van der Waals surface area contributed by atoms with Crippen molar-refractivity contribution in [1.29, 1.82) is 0 Å². The molecule has 0 unspecified atom stereocenters. The normalized spacial score (nSPS) is 10.6. The Bertz CT molecular complexity index is 904. The first-order valence-electron chi connectivity index (χ1n) is 8.64. The number of carbonyl (C=O) groups is 1. The molecule has 2 amide bonds. The number of thiazole rings is 1. The number of anilines is 2. The Morgan fingerprint density at radius 2 is 1.96 bits per heavy atom. The predicted octanol–water partition coefficient (Wildman–Crippen LogP) is 4.63. The summed E-state index contributed by atoms with van der Waals surface area (Å²) in [4.78, 5) is 17.2. The van der Waals surface area contributed by atoms with E-state index in [1.54, 1.807) is 12.1 Å². The number of hydrogen-bond donors (Lipinski definition) is 2. The molecule has 1 aromatic carbocycles. The van der Waals surface area contributed by atoms with Gasteiger partial charge in [-0.25, -0.2) is 9.78 Å². The van der Waals surface area contributed by atoms with Crippen LogP contribution in [0.2, 0.25) is 0 Å². The van der Waals surface area contributed by atoms with Gasteiger partial charge in [0.25, 0.3) is 5.89 Å². The molecule has 2 heterocycles. The highest BCUT2D eigenvalue weighted by atomic mass is 32.1. The fraction of sp³-hybridized carbons (Fsp3) is 0.333. The molecule has 142 valence electrons. The largest absolute Gasteiger partial charge is 0.494 e. The van der Waals surface area contributed by atoms with E-state index in [4.69, 9.17) is 9.15 Å². The van der Waals surface area contributed by atoms with E-state index in [0.29, 0.717) is 18.2 Å². The van der Waals surface area contributed by atoms with Crippen LogP contribution >= 0.6 is 11.3 Å². The fourth-order valence-corrected chi connectivity index (χ4v) is 3.16. The summed E-state index contributed by atoms with van der Waals surface area (Å²) >= 11 is 1.46. The van der Waals surface area contributed by atoms with E-state index < -0.39 is 6.03 Å². The minimum Gasteiger partial charge on any atom is -0.494 e. The topological polar surface area (TPSA) is 102 Å². The van der Waals surface area contributed by atoms with Crippen molar-refractivity contribution in [3.63, 3.8) is 0 Å². The molecule has 0 aliphatic rings. The molecule has 3 rings (SSSR count). The first-order valence-corrected chi connectivity index (χ1v) is 9.45. The molecule has 0 aliphatic heterocycles. The number of aryl methyl sites for hydroxylation is 2. The van der Waals surface area contributed by atoms with Crippen LogP contribution in [0.5, 0.6) is 5.75 Å². The van der Waals surface area contributed by atoms with Crippen molar-refractivity contribution in [2.75, 3.05) is 17.2 Å². The van der Waals surface area contributed by atoms with Gasteiger partial charge >= 0.3 is 12.0 Å². The minimum absolute atomic E-state index is 0.0208. The number of hydrogen-bond acceptors (Lipinski definition) is 7. The van der Waals surface area contributed by atoms with Crippen molar-refractivity contribution < 1.29 is 13.9 Å². The van der Waals surface area contributed by atoms with Crippen LogP contribution < -0.4 is 15.4 Å². The zero-order chi connectivity index (χ0) is 19.2. The van der Waals surface area contributed by atoms with Crippen LogP contribution in [0.1, 0.15) is 30.5 Å². The Balaban J connectivity index is 1.56. The van der Waals surface area contributed by atoms with E-state index in [-0.39, 0.29) is 6.01 Å². The molecule has 3 aromatic rings. The molecule has 0 atom stereocenters. The number of nitrogens with one attached hydrogen (secondary N) is 2. The van der Waals surface area contributed by atoms with E-state index in [1.807, 2.05) is 26.0 Å². The summed E-state index contributed by atoms with van der Waals surface area (Å²) in [7, 11) is 0. The SMILES string of the molecule is CCCCOc1ccc(NC(=O)Nc2nnc(-c3sc(C)nc3C)o2)cc1. The molecule has 27 heavy (non-hydrogen) atoms. The number of rotatable bonds is 7. The van der Waals surface area contributed by atoms with Crippen LogP contribution in [0.3, 0.4) is 0 Å². The average molecular weight is 387 g/mol. The van der Waals surface area contributed by atoms with Gasteiger partial charge in [0, 0.05) is 5.69 Å². The Labute approximate surface area is 161 Å². The Hall–Kier alpha value is -2.94. The monoisotopic (exact) mass is 387 g/mol. The second kappa shape index (κ2) is 8.63. The highest BCUT2D eigenvalue weighted by Gasteiger charge is 2.16. The Morgan fingerprint density at radius 1 is 1.19 bits per heavy atom. The fourth-order valence-electron chi connectivity index (χ4n) is 2.32. The van der Waals surface area contributed by atoms with Crippen LogP contribution in [0.15, 0.2) is 28.7 Å². The molecular formula is C18H21N5O3S. The zero-order valence-electron chi connectivity index (χ0n) is 15.4. The van der Waals surface area contributed by atoms with Crippen molar-refractivity contribution in [2.45, 2.75) is 33.6 Å². The highest BCUT2D eigenvalue weighted by molar-refractivity contribution is 7.15. The van der Waals surface area contributed by atoms with Gasteiger partial charge in [0.05, 0.1) is 17.3 Å². The predicted molar refractivity (Wildman–Crippen MR) is 104 cm³/mol. The summed E-state index contributed by atoms with van der Waals surface area (Å²) in [6, 6.07) is 6.71. The van der Waals surface area contributed by atoms with Crippen molar-refractivity contribution in [3.8, 4) is 16.5 Å². The molecule has 0 radical (unpaired) electrons. The van der Waals surface area contributed by atoms with Crippen molar-refractivity contribution in [3.05, 3.63) is 35.0 Å². The molecule has 0 saturated heterocycles. The quantitative estimate of drug-likeness (QED) is 0.573. The van der Waals surface area contributed by atoms with Gasteiger partial charge in [0.2, 0.25) is 0 Å². The molecule has 0 aliphatic carbocycles. The average Bonchev–Trinajstić information content (AvgIpc) is 3.22. The third-order valence-electron chi connectivity index (χ3n) is 3.62. The highest BCUT2D eigenvalue weighted by Crippen LogP contribution is 2.29. The Morgan fingerprint density at radius 3 is 2.63 bits per heavy atom. The lowest BCUT2D eigenvalue weighted by Crippen LogP contribution is -2.19. The first kappa shape index (κ1) is 18.8. The number of ether oxygens (including phenoxy) is 1. The summed E-state index contributed by atoms with van der Waals surface area (Å²) in [6.07, 6.45) is 2.09. The van der Waals surface area contributed by atoms with Gasteiger partial charge in [0.1, 0.15) is 10.6 Å². The van der Waals surface area contributed by atoms with Crippen molar-refractivity contribution >= 4 is 29.1 Å². The van der Waals surface area contributed by atoms with E-state index in [0.717, 1.165) is 34.2 Å². The van der Waals surface area contributed by atoms with Crippen LogP contribution in [0.25, 0.3) is 10.8 Å². The van der Waals surface area contributed by atoms with Gasteiger partial charge in [-0.15, -0.1) is 16.4 Å². The number of urea groups is 1. The maximum absolute atomic E-state index is 12.1. The smallest absolute Gasteiger partial charge is 0.327 e. The van der Waals surface area contributed by atoms with E-state index in [1.165, 1.54) is 11.3 Å². The van der Waals surface area contributed by atoms with E-state index in [2.05, 4.69) is 32.7 Å². The number of unbranched alkanes of at least 4 members (excludes halogenated alkanes) is 1. The number of carbonyl (C=O) groups excluding carboxylic acids is 1. The number of aromatic nitrogens is 3. The number of amides is 2. The van der Waals surface area contributed by atoms with Gasteiger partial charge in [-0.1, -0.05) is 18.4 Å². The first-order chi connectivity index (χ1) is 13.0. The molecule has 0 saturated carbocycles. The van der Waals surface area contributed by atoms with Gasteiger partial charge in [-0.2, -0.15) is 0 Å². The van der Waals surface area contributed by atoms with Gasteiger partial charge in [-0.05, 0) is 44.5 Å². The van der Waals surface area contributed by atoms with Crippen LogP contribution in [-0.2, 0) is 0 Å². The number of benzene rings is 1. The summed E-state index contributed by atoms with van der Waals surface area (Å²) < 4.78 is 11.1. The van der Waals surface area contributed by atoms with Gasteiger partial charge in [-0.3, -0.25) is 5.32 Å². The second-order valence-corrected chi connectivity index (χ2v) is 7.07. The third-order valence-corrected chi connectivity index (χ3v) is 4.68. The molecule has 0 fully saturated rings. The lowest BCUT2D eigenvalue weighted by atomic mass is 10.3. The summed E-state index contributed by atoms with van der Waals surface area (Å²) in [5, 5.41) is 14.0. The molecule has 2 aromatic heterocycles.